The minimum atomic E-state index is -0.262. The summed E-state index contributed by atoms with van der Waals surface area (Å²) in [6, 6.07) is 10.6. The first-order valence-electron chi connectivity index (χ1n) is 6.82. The number of hydrogen-bond donors (Lipinski definition) is 2. The van der Waals surface area contributed by atoms with Gasteiger partial charge in [-0.2, -0.15) is 0 Å². The first-order chi connectivity index (χ1) is 10.6. The summed E-state index contributed by atoms with van der Waals surface area (Å²) >= 11 is 0. The van der Waals surface area contributed by atoms with Crippen molar-refractivity contribution in [2.24, 2.45) is 0 Å². The molecule has 2 N–H and O–H groups in total. The molecule has 1 amide bonds. The van der Waals surface area contributed by atoms with E-state index in [1.54, 1.807) is 37.4 Å². The van der Waals surface area contributed by atoms with Gasteiger partial charge < -0.3 is 5.43 Å². The standard InChI is InChI=1S/C17H17N3O2/c1-12-5-7-14(8-6-12)17(22)20-19-13(2)10-16(21)15-4-3-9-18-11-15/h3-11,19H,1-2H3,(H,20,22)/b13-10-. The maximum Gasteiger partial charge on any atom is 0.269 e. The Labute approximate surface area is 129 Å². The molecule has 1 aromatic carbocycles. The third-order valence-electron chi connectivity index (χ3n) is 2.98. The van der Waals surface area contributed by atoms with Gasteiger partial charge in [0.2, 0.25) is 0 Å². The van der Waals surface area contributed by atoms with E-state index in [4.69, 9.17) is 0 Å². The van der Waals surface area contributed by atoms with Gasteiger partial charge in [-0.05, 0) is 38.1 Å². The number of amides is 1. The number of rotatable bonds is 5. The summed E-state index contributed by atoms with van der Waals surface area (Å²) in [6.45, 7) is 3.65. The molecule has 0 spiro atoms. The molecule has 0 radical (unpaired) electrons. The Morgan fingerprint density at radius 1 is 1.05 bits per heavy atom. The number of ketones is 1. The van der Waals surface area contributed by atoms with Gasteiger partial charge in [-0.3, -0.25) is 20.0 Å². The van der Waals surface area contributed by atoms with Gasteiger partial charge in [0.25, 0.3) is 5.91 Å². The van der Waals surface area contributed by atoms with Crippen LogP contribution in [0.15, 0.2) is 60.6 Å². The number of hydrazine groups is 1. The van der Waals surface area contributed by atoms with Gasteiger partial charge in [-0.15, -0.1) is 0 Å². The van der Waals surface area contributed by atoms with Crippen LogP contribution in [-0.4, -0.2) is 16.7 Å². The molecule has 0 fully saturated rings. The molecule has 0 aliphatic rings. The number of hydrogen-bond acceptors (Lipinski definition) is 4. The Bertz CT molecular complexity index is 692. The molecule has 1 aromatic heterocycles. The van der Waals surface area contributed by atoms with Crippen LogP contribution in [0.4, 0.5) is 0 Å². The first kappa shape index (κ1) is 15.4. The van der Waals surface area contributed by atoms with Crippen LogP contribution in [0, 0.1) is 6.92 Å². The van der Waals surface area contributed by atoms with E-state index in [0.717, 1.165) is 5.56 Å². The van der Waals surface area contributed by atoms with Gasteiger partial charge in [0, 0.05) is 35.3 Å². The molecule has 5 heteroatoms. The highest BCUT2D eigenvalue weighted by atomic mass is 16.2. The first-order valence-corrected chi connectivity index (χ1v) is 6.82. The van der Waals surface area contributed by atoms with Crippen LogP contribution in [-0.2, 0) is 0 Å². The number of carbonyl (C=O) groups excluding carboxylic acids is 2. The number of nitrogens with zero attached hydrogens (tertiary/aromatic N) is 1. The fourth-order valence-electron chi connectivity index (χ4n) is 1.76. The van der Waals surface area contributed by atoms with Gasteiger partial charge in [0.15, 0.2) is 5.78 Å². The van der Waals surface area contributed by atoms with E-state index in [2.05, 4.69) is 15.8 Å². The maximum atomic E-state index is 11.9. The van der Waals surface area contributed by atoms with Crippen LogP contribution in [0.25, 0.3) is 0 Å². The van der Waals surface area contributed by atoms with Crippen molar-refractivity contribution in [2.45, 2.75) is 13.8 Å². The van der Waals surface area contributed by atoms with Gasteiger partial charge in [-0.25, -0.2) is 0 Å². The third kappa shape index (κ3) is 4.28. The molecule has 2 rings (SSSR count). The highest BCUT2D eigenvalue weighted by molar-refractivity contribution is 6.04. The average molecular weight is 295 g/mol. The fourth-order valence-corrected chi connectivity index (χ4v) is 1.76. The molecule has 5 nitrogen and oxygen atoms in total. The fraction of sp³-hybridized carbons (Fsp3) is 0.118. The van der Waals surface area contributed by atoms with Crippen molar-refractivity contribution < 1.29 is 9.59 Å². The Balaban J connectivity index is 1.93. The zero-order chi connectivity index (χ0) is 15.9. The quantitative estimate of drug-likeness (QED) is 0.505. The second kappa shape index (κ2) is 7.17. The average Bonchev–Trinajstić information content (AvgIpc) is 2.54. The molecule has 0 saturated carbocycles. The molecule has 22 heavy (non-hydrogen) atoms. The second-order valence-corrected chi connectivity index (χ2v) is 4.88. The lowest BCUT2D eigenvalue weighted by Crippen LogP contribution is -2.36. The number of benzene rings is 1. The van der Waals surface area contributed by atoms with Crippen molar-refractivity contribution in [3.8, 4) is 0 Å². The molecular formula is C17H17N3O2. The molecule has 0 saturated heterocycles. The molecule has 0 bridgehead atoms. The molecular weight excluding hydrogens is 278 g/mol. The van der Waals surface area contributed by atoms with E-state index in [9.17, 15) is 9.59 Å². The minimum absolute atomic E-state index is 0.178. The number of pyridine rings is 1. The Hall–Kier alpha value is -2.95. The van der Waals surface area contributed by atoms with E-state index in [1.165, 1.54) is 12.3 Å². The van der Waals surface area contributed by atoms with E-state index in [-0.39, 0.29) is 11.7 Å². The van der Waals surface area contributed by atoms with Crippen molar-refractivity contribution in [2.75, 3.05) is 0 Å². The zero-order valence-corrected chi connectivity index (χ0v) is 12.5. The normalized spacial score (nSPS) is 10.9. The van der Waals surface area contributed by atoms with Gasteiger partial charge >= 0.3 is 0 Å². The lowest BCUT2D eigenvalue weighted by molar-refractivity contribution is 0.0936. The van der Waals surface area contributed by atoms with Crippen molar-refractivity contribution in [1.82, 2.24) is 15.8 Å². The van der Waals surface area contributed by atoms with Gasteiger partial charge in [-0.1, -0.05) is 17.7 Å². The smallest absolute Gasteiger partial charge is 0.269 e. The number of carbonyl (C=O) groups is 2. The van der Waals surface area contributed by atoms with Crippen LogP contribution in [0.5, 0.6) is 0 Å². The van der Waals surface area contributed by atoms with Crippen LogP contribution in [0.2, 0.25) is 0 Å². The summed E-state index contributed by atoms with van der Waals surface area (Å²) in [6.07, 6.45) is 4.51. The summed E-state index contributed by atoms with van der Waals surface area (Å²) in [4.78, 5) is 27.8. The van der Waals surface area contributed by atoms with Crippen molar-refractivity contribution >= 4 is 11.7 Å². The van der Waals surface area contributed by atoms with E-state index >= 15 is 0 Å². The largest absolute Gasteiger partial charge is 0.303 e. The van der Waals surface area contributed by atoms with Crippen LogP contribution < -0.4 is 10.9 Å². The summed E-state index contributed by atoms with van der Waals surface area (Å²) in [5, 5.41) is 0. The summed E-state index contributed by atoms with van der Waals surface area (Å²) in [5.41, 5.74) is 7.93. The predicted molar refractivity (Wildman–Crippen MR) is 84.1 cm³/mol. The number of aryl methyl sites for hydroxylation is 1. The number of allylic oxidation sites excluding steroid dienone is 2. The van der Waals surface area contributed by atoms with Crippen LogP contribution in [0.3, 0.4) is 0 Å². The zero-order valence-electron chi connectivity index (χ0n) is 12.5. The number of aromatic nitrogens is 1. The predicted octanol–water partition coefficient (Wildman–Crippen LogP) is 2.41. The lowest BCUT2D eigenvalue weighted by atomic mass is 10.1. The lowest BCUT2D eigenvalue weighted by Gasteiger charge is -2.08. The number of nitrogens with one attached hydrogen (secondary N) is 2. The van der Waals surface area contributed by atoms with Crippen LogP contribution in [0.1, 0.15) is 33.2 Å². The third-order valence-corrected chi connectivity index (χ3v) is 2.98. The monoisotopic (exact) mass is 295 g/mol. The summed E-state index contributed by atoms with van der Waals surface area (Å²) in [7, 11) is 0. The topological polar surface area (TPSA) is 71.1 Å². The molecule has 0 atom stereocenters. The SMILES string of the molecule is C/C(=C/C(=O)c1cccnc1)NNC(=O)c1ccc(C)cc1. The Morgan fingerprint density at radius 2 is 1.77 bits per heavy atom. The summed E-state index contributed by atoms with van der Waals surface area (Å²) in [5.74, 6) is -0.440. The van der Waals surface area contributed by atoms with Gasteiger partial charge in [0.1, 0.15) is 0 Å². The Kier molecular flexibility index (Phi) is 5.03. The Morgan fingerprint density at radius 3 is 2.41 bits per heavy atom. The van der Waals surface area contributed by atoms with Crippen molar-refractivity contribution in [1.29, 1.82) is 0 Å². The van der Waals surface area contributed by atoms with Gasteiger partial charge in [0.05, 0.1) is 0 Å². The molecule has 0 aliphatic carbocycles. The molecule has 1 heterocycles. The summed E-state index contributed by atoms with van der Waals surface area (Å²) < 4.78 is 0. The molecule has 0 aliphatic heterocycles. The highest BCUT2D eigenvalue weighted by Crippen LogP contribution is 2.03. The molecule has 2 aromatic rings. The minimum Gasteiger partial charge on any atom is -0.303 e. The molecule has 112 valence electrons. The van der Waals surface area contributed by atoms with Crippen LogP contribution >= 0.6 is 0 Å². The van der Waals surface area contributed by atoms with E-state index < -0.39 is 0 Å². The molecule has 0 unspecified atom stereocenters. The van der Waals surface area contributed by atoms with E-state index in [0.29, 0.717) is 16.8 Å². The van der Waals surface area contributed by atoms with E-state index in [1.807, 2.05) is 19.1 Å². The van der Waals surface area contributed by atoms with Crippen molar-refractivity contribution in [3.05, 3.63) is 77.3 Å². The highest BCUT2D eigenvalue weighted by Gasteiger charge is 2.05. The maximum absolute atomic E-state index is 11.9. The second-order valence-electron chi connectivity index (χ2n) is 4.88. The van der Waals surface area contributed by atoms with Crippen molar-refractivity contribution in [3.63, 3.8) is 0 Å².